The fourth-order valence-corrected chi connectivity index (χ4v) is 11.8. The van der Waals surface area contributed by atoms with Crippen LogP contribution < -0.4 is 0 Å². The molecule has 0 saturated heterocycles. The predicted octanol–water partition coefficient (Wildman–Crippen LogP) is 11.8. The van der Waals surface area contributed by atoms with E-state index in [9.17, 15) is 0 Å². The molecule has 4 aromatic carbocycles. The molecule has 8 aromatic rings. The molecule has 0 spiro atoms. The highest BCUT2D eigenvalue weighted by Gasteiger charge is 2.23. The first kappa shape index (κ1) is 21.8. The smallest absolute Gasteiger partial charge is 0.0535 e. The van der Waals surface area contributed by atoms with Gasteiger partial charge in [0.25, 0.3) is 0 Å². The molecular formula is C32H26S4. The summed E-state index contributed by atoms with van der Waals surface area (Å²) in [6, 6.07) is 10.2. The van der Waals surface area contributed by atoms with Gasteiger partial charge in [-0.1, -0.05) is 13.8 Å². The minimum absolute atomic E-state index is 1.06. The Morgan fingerprint density at radius 3 is 1.25 bits per heavy atom. The zero-order chi connectivity index (χ0) is 24.6. The monoisotopic (exact) mass is 538 g/mol. The van der Waals surface area contributed by atoms with Crippen molar-refractivity contribution in [3.05, 3.63) is 56.3 Å². The predicted molar refractivity (Wildman–Crippen MR) is 169 cm³/mol. The summed E-state index contributed by atoms with van der Waals surface area (Å²) in [7, 11) is 0. The maximum atomic E-state index is 2.55. The van der Waals surface area contributed by atoms with Gasteiger partial charge in [0.05, 0.1) is 9.40 Å². The van der Waals surface area contributed by atoms with Gasteiger partial charge in [0.2, 0.25) is 0 Å². The number of fused-ring (bicyclic) bond motifs is 8. The molecule has 0 aliphatic heterocycles. The van der Waals surface area contributed by atoms with Crippen molar-refractivity contribution < 1.29 is 0 Å². The molecular weight excluding hydrogens is 513 g/mol. The van der Waals surface area contributed by atoms with Crippen molar-refractivity contribution in [1.29, 1.82) is 0 Å². The number of thiophene rings is 4. The topological polar surface area (TPSA) is 0 Å². The Morgan fingerprint density at radius 1 is 0.444 bits per heavy atom. The number of rotatable bonds is 2. The molecule has 0 bridgehead atoms. The van der Waals surface area contributed by atoms with Gasteiger partial charge in [-0.3, -0.25) is 0 Å². The van der Waals surface area contributed by atoms with Crippen molar-refractivity contribution in [1.82, 2.24) is 0 Å². The van der Waals surface area contributed by atoms with Gasteiger partial charge in [-0.05, 0) is 109 Å². The van der Waals surface area contributed by atoms with Crippen LogP contribution in [0.3, 0.4) is 0 Å². The first-order valence-electron chi connectivity index (χ1n) is 12.8. The van der Waals surface area contributed by atoms with Crippen LogP contribution >= 0.6 is 45.3 Å². The summed E-state index contributed by atoms with van der Waals surface area (Å²) in [4.78, 5) is 2.91. The average molecular weight is 539 g/mol. The summed E-state index contributed by atoms with van der Waals surface area (Å²) in [5.74, 6) is 0. The van der Waals surface area contributed by atoms with Crippen molar-refractivity contribution in [2.75, 3.05) is 0 Å². The first-order valence-corrected chi connectivity index (χ1v) is 16.1. The van der Waals surface area contributed by atoms with E-state index in [1.165, 1.54) is 103 Å². The standard InChI is InChI=1S/C32H26S4/c1-7-17-9-21-26-20(12-24-29(21)35-28-14(4)16(6)34-32(24)28)18(8-2)10-22-25(26)19(17)11-23-30(22)36-27-13(3)15(5)33-31(23)27/h9-12H,7-8H2,1-6H3. The highest BCUT2D eigenvalue weighted by atomic mass is 32.1. The second-order valence-corrected chi connectivity index (χ2v) is 14.8. The lowest BCUT2D eigenvalue weighted by atomic mass is 9.86. The Morgan fingerprint density at radius 2 is 0.861 bits per heavy atom. The summed E-state index contributed by atoms with van der Waals surface area (Å²) in [5, 5.41) is 11.8. The number of aryl methyl sites for hydroxylation is 6. The van der Waals surface area contributed by atoms with Gasteiger partial charge in [0.1, 0.15) is 0 Å². The van der Waals surface area contributed by atoms with Gasteiger partial charge in [-0.2, -0.15) is 0 Å². The van der Waals surface area contributed by atoms with Crippen molar-refractivity contribution >= 4 is 117 Å². The highest BCUT2D eigenvalue weighted by Crippen LogP contribution is 2.52. The van der Waals surface area contributed by atoms with Gasteiger partial charge in [0.15, 0.2) is 0 Å². The van der Waals surface area contributed by atoms with Crippen LogP contribution in [-0.4, -0.2) is 0 Å². The third kappa shape index (κ3) is 2.49. The molecule has 0 unspecified atom stereocenters. The summed E-state index contributed by atoms with van der Waals surface area (Å²) in [5.41, 5.74) is 5.91. The fourth-order valence-electron chi connectivity index (χ4n) is 6.36. The van der Waals surface area contributed by atoms with E-state index in [2.05, 4.69) is 65.8 Å². The molecule has 0 N–H and O–H groups in total. The third-order valence-corrected chi connectivity index (χ3v) is 14.0. The van der Waals surface area contributed by atoms with Crippen LogP contribution in [0.25, 0.3) is 71.3 Å². The lowest BCUT2D eigenvalue weighted by Crippen LogP contribution is -1.93. The Labute approximate surface area is 226 Å². The molecule has 178 valence electrons. The van der Waals surface area contributed by atoms with E-state index < -0.39 is 0 Å². The van der Waals surface area contributed by atoms with Crippen LogP contribution in [0, 0.1) is 27.7 Å². The van der Waals surface area contributed by atoms with E-state index in [1.54, 1.807) is 0 Å². The van der Waals surface area contributed by atoms with Crippen LogP contribution in [0.2, 0.25) is 0 Å². The molecule has 0 amide bonds. The van der Waals surface area contributed by atoms with Gasteiger partial charge in [0, 0.05) is 50.1 Å². The van der Waals surface area contributed by atoms with Crippen molar-refractivity contribution in [3.8, 4) is 0 Å². The lowest BCUT2D eigenvalue weighted by Gasteiger charge is -2.18. The van der Waals surface area contributed by atoms with Gasteiger partial charge in [-0.25, -0.2) is 0 Å². The SMILES string of the molecule is CCc1cc2c3sc4c(C)c(C)sc4c3cc3c(CC)cc4c5sc6c(C)c(C)sc6c5cc1c4c32. The maximum absolute atomic E-state index is 2.55. The summed E-state index contributed by atoms with van der Waals surface area (Å²) >= 11 is 8.01. The highest BCUT2D eigenvalue weighted by molar-refractivity contribution is 7.34. The molecule has 0 aliphatic carbocycles. The molecule has 0 atom stereocenters. The van der Waals surface area contributed by atoms with Crippen molar-refractivity contribution in [3.63, 3.8) is 0 Å². The molecule has 36 heavy (non-hydrogen) atoms. The van der Waals surface area contributed by atoms with Crippen LogP contribution in [0.15, 0.2) is 24.3 Å². The molecule has 4 heteroatoms. The molecule has 0 radical (unpaired) electrons. The summed E-state index contributed by atoms with van der Waals surface area (Å²) in [6.45, 7) is 13.8. The number of benzene rings is 4. The largest absolute Gasteiger partial charge is 0.139 e. The van der Waals surface area contributed by atoms with E-state index in [4.69, 9.17) is 0 Å². The molecule has 0 fully saturated rings. The molecule has 4 heterocycles. The average Bonchev–Trinajstić information content (AvgIpc) is 3.58. The second kappa shape index (κ2) is 7.20. The molecule has 4 aromatic heterocycles. The van der Waals surface area contributed by atoms with Gasteiger partial charge < -0.3 is 0 Å². The van der Waals surface area contributed by atoms with E-state index in [-0.39, 0.29) is 0 Å². The van der Waals surface area contributed by atoms with Crippen LogP contribution in [0.4, 0.5) is 0 Å². The van der Waals surface area contributed by atoms with E-state index in [0.29, 0.717) is 0 Å². The minimum Gasteiger partial charge on any atom is -0.139 e. The fraction of sp³-hybridized carbons (Fsp3) is 0.250. The molecule has 0 saturated carbocycles. The lowest BCUT2D eigenvalue weighted by molar-refractivity contribution is 1.16. The Kier molecular flexibility index (Phi) is 4.36. The first-order chi connectivity index (χ1) is 17.4. The Hall–Kier alpha value is -2.24. The zero-order valence-electron chi connectivity index (χ0n) is 21.4. The van der Waals surface area contributed by atoms with E-state index in [0.717, 1.165) is 12.8 Å². The normalized spacial score (nSPS) is 12.9. The minimum atomic E-state index is 1.06. The van der Waals surface area contributed by atoms with Crippen LogP contribution in [0.1, 0.15) is 45.9 Å². The Bertz CT molecular complexity index is 2050. The molecule has 0 nitrogen and oxygen atoms in total. The molecule has 8 rings (SSSR count). The number of hydrogen-bond donors (Lipinski definition) is 0. The summed E-state index contributed by atoms with van der Waals surface area (Å²) in [6.07, 6.45) is 2.11. The van der Waals surface area contributed by atoms with Gasteiger partial charge >= 0.3 is 0 Å². The van der Waals surface area contributed by atoms with Crippen LogP contribution in [-0.2, 0) is 12.8 Å². The van der Waals surface area contributed by atoms with Crippen molar-refractivity contribution in [2.45, 2.75) is 54.4 Å². The second-order valence-electron chi connectivity index (χ2n) is 10.3. The third-order valence-electron chi connectivity index (χ3n) is 8.53. The number of hydrogen-bond acceptors (Lipinski definition) is 4. The van der Waals surface area contributed by atoms with Crippen molar-refractivity contribution in [2.24, 2.45) is 0 Å². The summed E-state index contributed by atoms with van der Waals surface area (Å²) < 4.78 is 8.92. The van der Waals surface area contributed by atoms with E-state index >= 15 is 0 Å². The quantitative estimate of drug-likeness (QED) is 0.192. The molecule has 0 aliphatic rings. The van der Waals surface area contributed by atoms with E-state index in [1.807, 2.05) is 45.3 Å². The zero-order valence-corrected chi connectivity index (χ0v) is 24.6. The Balaban J connectivity index is 1.68. The van der Waals surface area contributed by atoms with Crippen LogP contribution in [0.5, 0.6) is 0 Å². The maximum Gasteiger partial charge on any atom is 0.0535 e. The van der Waals surface area contributed by atoms with Gasteiger partial charge in [-0.15, -0.1) is 45.3 Å².